The van der Waals surface area contributed by atoms with Crippen LogP contribution in [0.1, 0.15) is 25.7 Å². The highest BCUT2D eigenvalue weighted by atomic mass is 35.5. The van der Waals surface area contributed by atoms with E-state index in [-0.39, 0.29) is 20.3 Å². The fraction of sp³-hybridized carbons (Fsp3) is 0.636. The monoisotopic (exact) mass is 353 g/mol. The maximum absolute atomic E-state index is 12.2. The van der Waals surface area contributed by atoms with Crippen LogP contribution in [-0.2, 0) is 10.0 Å². The lowest BCUT2D eigenvalue weighted by molar-refractivity contribution is -0.384. The Bertz CT molecular complexity index is 623. The molecule has 21 heavy (non-hydrogen) atoms. The summed E-state index contributed by atoms with van der Waals surface area (Å²) in [6, 6.07) is 1.29. The Kier molecular flexibility index (Phi) is 5.20. The topological polar surface area (TPSA) is 101 Å². The second-order valence-electron chi connectivity index (χ2n) is 4.94. The van der Waals surface area contributed by atoms with Gasteiger partial charge in [-0.1, -0.05) is 11.6 Å². The van der Waals surface area contributed by atoms with E-state index < -0.39 is 14.9 Å². The number of nitro groups is 1. The van der Waals surface area contributed by atoms with Crippen LogP contribution in [0.3, 0.4) is 0 Å². The lowest BCUT2D eigenvalue weighted by Gasteiger charge is -2.28. The van der Waals surface area contributed by atoms with Crippen LogP contribution in [-0.4, -0.2) is 32.5 Å². The highest BCUT2D eigenvalue weighted by Crippen LogP contribution is 2.36. The smallest absolute Gasteiger partial charge is 0.300 e. The first-order valence-electron chi connectivity index (χ1n) is 6.47. The van der Waals surface area contributed by atoms with Gasteiger partial charge in [0.05, 0.1) is 4.92 Å². The first kappa shape index (κ1) is 16.6. The SMILES string of the molecule is CNC1CCC(NS(=O)(=O)c2cc([N+](=O)[O-])c(Cl)s2)CC1. The van der Waals surface area contributed by atoms with E-state index in [1.54, 1.807) is 0 Å². The van der Waals surface area contributed by atoms with Gasteiger partial charge >= 0.3 is 0 Å². The molecule has 1 aliphatic rings. The molecular formula is C11H16ClN3O4S2. The summed E-state index contributed by atoms with van der Waals surface area (Å²) in [6.45, 7) is 0. The summed E-state index contributed by atoms with van der Waals surface area (Å²) in [7, 11) is -1.87. The van der Waals surface area contributed by atoms with Crippen molar-refractivity contribution in [3.63, 3.8) is 0 Å². The summed E-state index contributed by atoms with van der Waals surface area (Å²) in [6.07, 6.45) is 3.28. The maximum Gasteiger partial charge on any atom is 0.300 e. The molecule has 0 aliphatic heterocycles. The number of sulfonamides is 1. The quantitative estimate of drug-likeness (QED) is 0.623. The Balaban J connectivity index is 2.09. The Morgan fingerprint density at radius 2 is 1.90 bits per heavy atom. The lowest BCUT2D eigenvalue weighted by atomic mass is 9.92. The number of halogens is 1. The maximum atomic E-state index is 12.2. The normalized spacial score (nSPS) is 23.1. The highest BCUT2D eigenvalue weighted by molar-refractivity contribution is 7.91. The Labute approximate surface area is 131 Å². The van der Waals surface area contributed by atoms with Crippen LogP contribution in [0.2, 0.25) is 4.34 Å². The van der Waals surface area contributed by atoms with E-state index in [1.165, 1.54) is 0 Å². The molecule has 1 saturated carbocycles. The van der Waals surface area contributed by atoms with Gasteiger partial charge in [-0.25, -0.2) is 13.1 Å². The van der Waals surface area contributed by atoms with Crippen LogP contribution < -0.4 is 10.0 Å². The van der Waals surface area contributed by atoms with Crippen molar-refractivity contribution in [3.05, 3.63) is 20.5 Å². The van der Waals surface area contributed by atoms with Crippen LogP contribution in [0.5, 0.6) is 0 Å². The fourth-order valence-electron chi connectivity index (χ4n) is 2.37. The Morgan fingerprint density at radius 3 is 2.38 bits per heavy atom. The van der Waals surface area contributed by atoms with Gasteiger partial charge in [0.2, 0.25) is 0 Å². The Morgan fingerprint density at radius 1 is 1.33 bits per heavy atom. The highest BCUT2D eigenvalue weighted by Gasteiger charge is 2.29. The summed E-state index contributed by atoms with van der Waals surface area (Å²) in [5.74, 6) is 0. The molecule has 0 saturated heterocycles. The van der Waals surface area contributed by atoms with E-state index in [1.807, 2.05) is 7.05 Å². The molecule has 1 heterocycles. The number of nitrogens with one attached hydrogen (secondary N) is 2. The van der Waals surface area contributed by atoms with Crippen LogP contribution in [0.25, 0.3) is 0 Å². The molecule has 7 nitrogen and oxygen atoms in total. The number of thiophene rings is 1. The van der Waals surface area contributed by atoms with E-state index in [2.05, 4.69) is 10.0 Å². The molecule has 2 N–H and O–H groups in total. The zero-order valence-corrected chi connectivity index (χ0v) is 13.7. The van der Waals surface area contributed by atoms with Crippen LogP contribution in [0, 0.1) is 10.1 Å². The minimum Gasteiger partial charge on any atom is -0.317 e. The van der Waals surface area contributed by atoms with Crippen molar-refractivity contribution in [2.45, 2.75) is 42.0 Å². The molecule has 0 atom stereocenters. The van der Waals surface area contributed by atoms with Gasteiger partial charge in [-0.3, -0.25) is 10.1 Å². The molecule has 2 rings (SSSR count). The molecule has 10 heteroatoms. The van der Waals surface area contributed by atoms with E-state index in [9.17, 15) is 18.5 Å². The average molecular weight is 354 g/mol. The van der Waals surface area contributed by atoms with Crippen LogP contribution in [0.15, 0.2) is 10.3 Å². The van der Waals surface area contributed by atoms with Crippen molar-refractivity contribution >= 4 is 38.6 Å². The average Bonchev–Trinajstić information content (AvgIpc) is 2.82. The molecule has 0 radical (unpaired) electrons. The molecule has 1 aliphatic carbocycles. The minimum atomic E-state index is -3.76. The van der Waals surface area contributed by atoms with Gasteiger partial charge in [0.25, 0.3) is 15.7 Å². The summed E-state index contributed by atoms with van der Waals surface area (Å²) >= 11 is 6.41. The third-order valence-corrected chi connectivity index (χ3v) is 6.90. The van der Waals surface area contributed by atoms with Crippen molar-refractivity contribution in [1.82, 2.24) is 10.0 Å². The van der Waals surface area contributed by atoms with Gasteiger partial charge in [0.15, 0.2) is 4.34 Å². The van der Waals surface area contributed by atoms with E-state index in [0.29, 0.717) is 17.4 Å². The standard InChI is InChI=1S/C11H16ClN3O4S2/c1-13-7-2-4-8(5-3-7)14-21(18,19)10-6-9(15(16)17)11(12)20-10/h6-8,13-14H,2-5H2,1H3. The number of hydrogen-bond acceptors (Lipinski definition) is 6. The second kappa shape index (κ2) is 6.57. The van der Waals surface area contributed by atoms with Gasteiger partial charge in [-0.2, -0.15) is 0 Å². The van der Waals surface area contributed by atoms with Gasteiger partial charge in [-0.05, 0) is 32.7 Å². The first-order valence-corrected chi connectivity index (χ1v) is 9.14. The second-order valence-corrected chi connectivity index (χ2v) is 8.54. The number of nitrogens with zero attached hydrogens (tertiary/aromatic N) is 1. The summed E-state index contributed by atoms with van der Waals surface area (Å²) in [5, 5.41) is 13.9. The van der Waals surface area contributed by atoms with Gasteiger partial charge in [-0.15, -0.1) is 11.3 Å². The zero-order valence-electron chi connectivity index (χ0n) is 11.3. The van der Waals surface area contributed by atoms with Gasteiger partial charge in [0.1, 0.15) is 4.21 Å². The number of hydrogen-bond donors (Lipinski definition) is 2. The molecule has 1 aromatic rings. The van der Waals surface area contributed by atoms with Crippen molar-refractivity contribution < 1.29 is 13.3 Å². The van der Waals surface area contributed by atoms with E-state index >= 15 is 0 Å². The van der Waals surface area contributed by atoms with Crippen LogP contribution >= 0.6 is 22.9 Å². The minimum absolute atomic E-state index is 0.116. The molecule has 0 spiro atoms. The van der Waals surface area contributed by atoms with Gasteiger partial charge < -0.3 is 5.32 Å². The molecule has 118 valence electrons. The lowest BCUT2D eigenvalue weighted by Crippen LogP contribution is -2.41. The molecule has 1 fully saturated rings. The van der Waals surface area contributed by atoms with E-state index in [4.69, 9.17) is 11.6 Å². The summed E-state index contributed by atoms with van der Waals surface area (Å²) in [4.78, 5) is 10.0. The van der Waals surface area contributed by atoms with Crippen LogP contribution in [0.4, 0.5) is 5.69 Å². The summed E-state index contributed by atoms with van der Waals surface area (Å²) < 4.78 is 26.9. The van der Waals surface area contributed by atoms with E-state index in [0.717, 1.165) is 31.7 Å². The third-order valence-electron chi connectivity index (χ3n) is 3.56. The van der Waals surface area contributed by atoms with Crippen molar-refractivity contribution in [2.24, 2.45) is 0 Å². The van der Waals surface area contributed by atoms with Gasteiger partial charge in [0, 0.05) is 18.2 Å². The molecule has 0 unspecified atom stereocenters. The van der Waals surface area contributed by atoms with Crippen molar-refractivity contribution in [2.75, 3.05) is 7.05 Å². The first-order chi connectivity index (χ1) is 9.83. The molecule has 1 aromatic heterocycles. The summed E-state index contributed by atoms with van der Waals surface area (Å²) in [5.41, 5.74) is -0.374. The fourth-order valence-corrected chi connectivity index (χ4v) is 5.36. The largest absolute Gasteiger partial charge is 0.317 e. The Hall–Kier alpha value is -0.740. The third kappa shape index (κ3) is 3.92. The van der Waals surface area contributed by atoms with Crippen molar-refractivity contribution in [1.29, 1.82) is 0 Å². The zero-order chi connectivity index (χ0) is 15.6. The molecular weight excluding hydrogens is 338 g/mol. The predicted octanol–water partition coefficient (Wildman–Crippen LogP) is 2.12. The molecule has 0 aromatic carbocycles. The van der Waals surface area contributed by atoms with Crippen molar-refractivity contribution in [3.8, 4) is 0 Å². The number of rotatable bonds is 5. The molecule has 0 bridgehead atoms. The predicted molar refractivity (Wildman–Crippen MR) is 81.4 cm³/mol. The molecule has 0 amide bonds.